The Morgan fingerprint density at radius 2 is 1.47 bits per heavy atom. The van der Waals surface area contributed by atoms with Crippen molar-refractivity contribution in [3.05, 3.63) is 102 Å². The summed E-state index contributed by atoms with van der Waals surface area (Å²) < 4.78 is 33.3. The third-order valence-electron chi connectivity index (χ3n) is 4.64. The van der Waals surface area contributed by atoms with E-state index in [1.54, 1.807) is 54.6 Å². The number of sulfonamides is 1. The molecule has 1 N–H and O–H groups in total. The first kappa shape index (κ1) is 19.7. The van der Waals surface area contributed by atoms with E-state index in [9.17, 15) is 13.2 Å². The number of anilines is 1. The van der Waals surface area contributed by atoms with E-state index in [1.807, 2.05) is 43.3 Å². The zero-order chi connectivity index (χ0) is 21.1. The Bertz CT molecular complexity index is 1310. The monoisotopic (exact) mass is 417 g/mol. The van der Waals surface area contributed by atoms with Crippen molar-refractivity contribution in [3.63, 3.8) is 0 Å². The summed E-state index contributed by atoms with van der Waals surface area (Å²) in [6.07, 6.45) is 0. The van der Waals surface area contributed by atoms with Crippen molar-refractivity contribution in [3.8, 4) is 5.75 Å². The summed E-state index contributed by atoms with van der Waals surface area (Å²) in [5.41, 5.74) is 1.87. The molecule has 0 aliphatic heterocycles. The maximum Gasteiger partial charge on any atom is 0.343 e. The topological polar surface area (TPSA) is 72.5 Å². The zero-order valence-corrected chi connectivity index (χ0v) is 17.0. The summed E-state index contributed by atoms with van der Waals surface area (Å²) in [4.78, 5) is 12.4. The molecule has 4 rings (SSSR count). The fourth-order valence-corrected chi connectivity index (χ4v) is 4.09. The lowest BCUT2D eigenvalue weighted by atomic mass is 10.1. The number of benzene rings is 4. The molecule has 0 fully saturated rings. The van der Waals surface area contributed by atoms with Crippen molar-refractivity contribution in [1.82, 2.24) is 0 Å². The van der Waals surface area contributed by atoms with E-state index in [2.05, 4.69) is 4.72 Å². The van der Waals surface area contributed by atoms with Crippen LogP contribution in [0.3, 0.4) is 0 Å². The number of carbonyl (C=O) groups excluding carboxylic acids is 1. The lowest BCUT2D eigenvalue weighted by Gasteiger charge is -2.10. The number of hydrogen-bond acceptors (Lipinski definition) is 4. The fourth-order valence-electron chi connectivity index (χ4n) is 3.00. The normalized spacial score (nSPS) is 11.2. The Hall–Kier alpha value is -3.64. The van der Waals surface area contributed by atoms with E-state index >= 15 is 0 Å². The third-order valence-corrected chi connectivity index (χ3v) is 6.01. The molecule has 30 heavy (non-hydrogen) atoms. The van der Waals surface area contributed by atoms with Gasteiger partial charge in [0.15, 0.2) is 0 Å². The van der Waals surface area contributed by atoms with Gasteiger partial charge in [-0.3, -0.25) is 4.72 Å². The Morgan fingerprint density at radius 1 is 0.800 bits per heavy atom. The Balaban J connectivity index is 1.48. The molecule has 0 saturated carbocycles. The van der Waals surface area contributed by atoms with Gasteiger partial charge < -0.3 is 4.74 Å². The Morgan fingerprint density at radius 3 is 2.17 bits per heavy atom. The molecule has 0 bridgehead atoms. The van der Waals surface area contributed by atoms with Gasteiger partial charge in [0.05, 0.1) is 10.5 Å². The molecule has 0 amide bonds. The summed E-state index contributed by atoms with van der Waals surface area (Å²) in [5.74, 6) is -0.145. The summed E-state index contributed by atoms with van der Waals surface area (Å²) >= 11 is 0. The summed E-state index contributed by atoms with van der Waals surface area (Å²) in [7, 11) is -3.75. The zero-order valence-electron chi connectivity index (χ0n) is 16.2. The van der Waals surface area contributed by atoms with Crippen molar-refractivity contribution in [2.45, 2.75) is 11.8 Å². The van der Waals surface area contributed by atoms with Crippen LogP contribution in [0.25, 0.3) is 10.8 Å². The Kier molecular flexibility index (Phi) is 5.25. The summed E-state index contributed by atoms with van der Waals surface area (Å²) in [6.45, 7) is 1.94. The maximum atomic E-state index is 12.7. The van der Waals surface area contributed by atoms with Crippen LogP contribution < -0.4 is 9.46 Å². The van der Waals surface area contributed by atoms with Crippen LogP contribution in [0.4, 0.5) is 5.69 Å². The van der Waals surface area contributed by atoms with Crippen molar-refractivity contribution >= 4 is 32.5 Å². The second kappa shape index (κ2) is 8.00. The first-order valence-electron chi connectivity index (χ1n) is 9.31. The molecular weight excluding hydrogens is 398 g/mol. The molecule has 150 valence electrons. The molecule has 5 nitrogen and oxygen atoms in total. The second-order valence-corrected chi connectivity index (χ2v) is 8.58. The largest absolute Gasteiger partial charge is 0.423 e. The number of aryl methyl sites for hydroxylation is 1. The Labute approximate surface area is 175 Å². The van der Waals surface area contributed by atoms with Crippen LogP contribution in [0.5, 0.6) is 5.75 Å². The molecule has 0 unspecified atom stereocenters. The number of fused-ring (bicyclic) bond motifs is 1. The molecule has 4 aromatic carbocycles. The minimum absolute atomic E-state index is 0.177. The van der Waals surface area contributed by atoms with Crippen molar-refractivity contribution < 1.29 is 17.9 Å². The lowest BCUT2D eigenvalue weighted by molar-refractivity contribution is 0.0734. The van der Waals surface area contributed by atoms with Gasteiger partial charge in [0.25, 0.3) is 10.0 Å². The predicted molar refractivity (Wildman–Crippen MR) is 117 cm³/mol. The average molecular weight is 417 g/mol. The van der Waals surface area contributed by atoms with Gasteiger partial charge in [0.1, 0.15) is 5.75 Å². The molecular formula is C24H19NO4S. The number of nitrogens with one attached hydrogen (secondary N) is 1. The van der Waals surface area contributed by atoms with E-state index in [4.69, 9.17) is 4.74 Å². The molecule has 0 heterocycles. The van der Waals surface area contributed by atoms with E-state index in [-0.39, 0.29) is 4.90 Å². The number of carbonyl (C=O) groups is 1. The highest BCUT2D eigenvalue weighted by molar-refractivity contribution is 7.92. The minimum atomic E-state index is -3.75. The smallest absolute Gasteiger partial charge is 0.343 e. The van der Waals surface area contributed by atoms with Gasteiger partial charge in [-0.25, -0.2) is 13.2 Å². The van der Waals surface area contributed by atoms with Gasteiger partial charge in [-0.05, 0) is 66.2 Å². The van der Waals surface area contributed by atoms with Gasteiger partial charge in [-0.15, -0.1) is 0 Å². The first-order valence-corrected chi connectivity index (χ1v) is 10.8. The van der Waals surface area contributed by atoms with Gasteiger partial charge in [0, 0.05) is 5.69 Å². The molecule has 0 atom stereocenters. The van der Waals surface area contributed by atoms with Crippen LogP contribution in [-0.2, 0) is 10.0 Å². The van der Waals surface area contributed by atoms with Crippen LogP contribution in [0, 0.1) is 6.92 Å². The van der Waals surface area contributed by atoms with Crippen molar-refractivity contribution in [1.29, 1.82) is 0 Å². The second-order valence-electron chi connectivity index (χ2n) is 6.89. The predicted octanol–water partition coefficient (Wildman–Crippen LogP) is 5.17. The standard InChI is InChI=1S/C24H19NO4S/c1-17-6-8-19(9-7-17)24(26)29-22-13-11-21(12-14-22)25-30(27,28)23-15-10-18-4-2-3-5-20(18)16-23/h2-16,25H,1H3. The highest BCUT2D eigenvalue weighted by Crippen LogP contribution is 2.23. The van der Waals surface area contributed by atoms with Gasteiger partial charge >= 0.3 is 5.97 Å². The SMILES string of the molecule is Cc1ccc(C(=O)Oc2ccc(NS(=O)(=O)c3ccc4ccccc4c3)cc2)cc1. The quantitative estimate of drug-likeness (QED) is 0.359. The number of rotatable bonds is 5. The van der Waals surface area contributed by atoms with Gasteiger partial charge in [-0.2, -0.15) is 0 Å². The van der Waals surface area contributed by atoms with E-state index < -0.39 is 16.0 Å². The van der Waals surface area contributed by atoms with Crippen molar-refractivity contribution in [2.24, 2.45) is 0 Å². The van der Waals surface area contributed by atoms with Gasteiger partial charge in [-0.1, -0.05) is 48.0 Å². The van der Waals surface area contributed by atoms with E-state index in [0.29, 0.717) is 17.0 Å². The van der Waals surface area contributed by atoms with Crippen LogP contribution in [-0.4, -0.2) is 14.4 Å². The number of hydrogen-bond donors (Lipinski definition) is 1. The van der Waals surface area contributed by atoms with Gasteiger partial charge in [0.2, 0.25) is 0 Å². The summed E-state index contributed by atoms with van der Waals surface area (Å²) in [5, 5.41) is 1.81. The average Bonchev–Trinajstić information content (AvgIpc) is 2.75. The number of ether oxygens (including phenoxy) is 1. The molecule has 0 saturated heterocycles. The fraction of sp³-hybridized carbons (Fsp3) is 0.0417. The van der Waals surface area contributed by atoms with E-state index in [1.165, 1.54) is 0 Å². The molecule has 0 aliphatic rings. The first-order chi connectivity index (χ1) is 14.4. The van der Waals surface area contributed by atoms with Crippen LogP contribution in [0.2, 0.25) is 0 Å². The summed E-state index contributed by atoms with van der Waals surface area (Å²) in [6, 6.07) is 25.8. The molecule has 4 aromatic rings. The minimum Gasteiger partial charge on any atom is -0.423 e. The van der Waals surface area contributed by atoms with Crippen LogP contribution in [0.1, 0.15) is 15.9 Å². The number of esters is 1. The highest BCUT2D eigenvalue weighted by atomic mass is 32.2. The van der Waals surface area contributed by atoms with Crippen LogP contribution in [0.15, 0.2) is 95.9 Å². The molecule has 6 heteroatoms. The van der Waals surface area contributed by atoms with E-state index in [0.717, 1.165) is 16.3 Å². The molecule has 0 spiro atoms. The molecule has 0 aliphatic carbocycles. The lowest BCUT2D eigenvalue weighted by Crippen LogP contribution is -2.13. The van der Waals surface area contributed by atoms with Crippen LogP contribution >= 0.6 is 0 Å². The third kappa shape index (κ3) is 4.34. The highest BCUT2D eigenvalue weighted by Gasteiger charge is 2.15. The molecule has 0 radical (unpaired) electrons. The molecule has 0 aromatic heterocycles. The maximum absolute atomic E-state index is 12.7. The van der Waals surface area contributed by atoms with Crippen molar-refractivity contribution in [2.75, 3.05) is 4.72 Å².